The van der Waals surface area contributed by atoms with Crippen LogP contribution in [-0.4, -0.2) is 4.57 Å². The van der Waals surface area contributed by atoms with Crippen LogP contribution in [0.15, 0.2) is 199 Å². The first-order valence-electron chi connectivity index (χ1n) is 19.0. The zero-order valence-electron chi connectivity index (χ0n) is 29.9. The molecular formula is C53H33NO. The summed E-state index contributed by atoms with van der Waals surface area (Å²) >= 11 is 0. The van der Waals surface area contributed by atoms with Crippen LogP contribution in [0.1, 0.15) is 22.6 Å². The molecule has 0 amide bonds. The summed E-state index contributed by atoms with van der Waals surface area (Å²) in [5.41, 5.74) is 16.8. The Morgan fingerprint density at radius 3 is 2.04 bits per heavy atom. The molecule has 0 saturated heterocycles. The first-order valence-corrected chi connectivity index (χ1v) is 19.0. The molecule has 2 aromatic heterocycles. The van der Waals surface area contributed by atoms with Crippen molar-refractivity contribution in [1.82, 2.24) is 4.57 Å². The molecule has 2 heteroatoms. The van der Waals surface area contributed by atoms with Gasteiger partial charge in [-0.25, -0.2) is 0 Å². The van der Waals surface area contributed by atoms with Gasteiger partial charge in [-0.15, -0.1) is 0 Å². The standard InChI is InChI=1S/C53H33NO/c1-2-11-33(12-3-1)36-15-10-16-40(28-36)54-49-26-24-38(30-46(49)47-32-52-48(31-50(47)54)42-18-8-9-20-51(42)55-52)37-23-25-44-45(29-37)41-17-6-7-19-43(41)53(44)39-22-21-34-13-4-5-14-35(34)27-39/h1-32,53H. The molecule has 1 unspecified atom stereocenters. The predicted octanol–water partition coefficient (Wildman–Crippen LogP) is 14.3. The SMILES string of the molecule is c1ccc(-c2cccc(-n3c4ccc(-c5ccc6c(c5)-c5ccccc5C6c5ccc6ccccc6c5)cc4c4cc5oc6ccccc6c5cc43)c2)cc1. The molecule has 0 saturated carbocycles. The average molecular weight is 700 g/mol. The summed E-state index contributed by atoms with van der Waals surface area (Å²) < 4.78 is 8.89. The van der Waals surface area contributed by atoms with Crippen molar-refractivity contribution in [2.24, 2.45) is 0 Å². The van der Waals surface area contributed by atoms with E-state index in [1.54, 1.807) is 0 Å². The molecule has 2 nitrogen and oxygen atoms in total. The molecule has 55 heavy (non-hydrogen) atoms. The van der Waals surface area contributed by atoms with E-state index < -0.39 is 0 Å². The van der Waals surface area contributed by atoms with Gasteiger partial charge in [0, 0.05) is 33.2 Å². The Hall–Kier alpha value is -7.16. The number of benzene rings is 9. The van der Waals surface area contributed by atoms with Crippen molar-refractivity contribution < 1.29 is 4.42 Å². The molecule has 12 rings (SSSR count). The number of rotatable bonds is 4. The maximum Gasteiger partial charge on any atom is 0.136 e. The summed E-state index contributed by atoms with van der Waals surface area (Å²) in [6.45, 7) is 0. The van der Waals surface area contributed by atoms with Crippen LogP contribution in [0, 0.1) is 0 Å². The van der Waals surface area contributed by atoms with E-state index in [9.17, 15) is 0 Å². The van der Waals surface area contributed by atoms with Gasteiger partial charge in [0.15, 0.2) is 0 Å². The molecule has 256 valence electrons. The topological polar surface area (TPSA) is 18.1 Å². The molecule has 0 spiro atoms. The van der Waals surface area contributed by atoms with Crippen LogP contribution >= 0.6 is 0 Å². The van der Waals surface area contributed by atoms with Crippen LogP contribution in [0.2, 0.25) is 0 Å². The monoisotopic (exact) mass is 699 g/mol. The van der Waals surface area contributed by atoms with Gasteiger partial charge in [0.2, 0.25) is 0 Å². The van der Waals surface area contributed by atoms with Crippen LogP contribution in [0.4, 0.5) is 0 Å². The van der Waals surface area contributed by atoms with Crippen LogP contribution < -0.4 is 0 Å². The average Bonchev–Trinajstić information content (AvgIpc) is 3.89. The molecule has 0 bridgehead atoms. The largest absolute Gasteiger partial charge is 0.456 e. The molecule has 0 fully saturated rings. The van der Waals surface area contributed by atoms with Gasteiger partial charge in [-0.1, -0.05) is 146 Å². The van der Waals surface area contributed by atoms with Gasteiger partial charge < -0.3 is 8.98 Å². The van der Waals surface area contributed by atoms with Gasteiger partial charge in [-0.2, -0.15) is 0 Å². The van der Waals surface area contributed by atoms with Gasteiger partial charge in [-0.3, -0.25) is 0 Å². The fraction of sp³-hybridized carbons (Fsp3) is 0.0189. The van der Waals surface area contributed by atoms with Crippen LogP contribution in [-0.2, 0) is 0 Å². The lowest BCUT2D eigenvalue weighted by atomic mass is 9.87. The van der Waals surface area contributed by atoms with Crippen molar-refractivity contribution in [3.63, 3.8) is 0 Å². The summed E-state index contributed by atoms with van der Waals surface area (Å²) in [4.78, 5) is 0. The maximum absolute atomic E-state index is 6.46. The molecule has 1 atom stereocenters. The Balaban J connectivity index is 1.05. The number of para-hydroxylation sites is 1. The smallest absolute Gasteiger partial charge is 0.136 e. The van der Waals surface area contributed by atoms with Crippen LogP contribution in [0.3, 0.4) is 0 Å². The van der Waals surface area contributed by atoms with Gasteiger partial charge in [0.1, 0.15) is 11.2 Å². The van der Waals surface area contributed by atoms with Gasteiger partial charge in [0.25, 0.3) is 0 Å². The minimum Gasteiger partial charge on any atom is -0.456 e. The highest BCUT2D eigenvalue weighted by molar-refractivity contribution is 6.17. The predicted molar refractivity (Wildman–Crippen MR) is 229 cm³/mol. The molecule has 1 aliphatic carbocycles. The summed E-state index contributed by atoms with van der Waals surface area (Å²) in [5.74, 6) is 0.197. The van der Waals surface area contributed by atoms with Gasteiger partial charge in [0.05, 0.1) is 11.0 Å². The Kier molecular flexibility index (Phi) is 6.43. The minimum atomic E-state index is 0.197. The van der Waals surface area contributed by atoms with Crippen molar-refractivity contribution in [3.8, 4) is 39.1 Å². The third kappa shape index (κ3) is 4.62. The second-order valence-corrected chi connectivity index (χ2v) is 14.9. The second kappa shape index (κ2) is 11.7. The summed E-state index contributed by atoms with van der Waals surface area (Å²) in [6, 6.07) is 71.1. The third-order valence-electron chi connectivity index (χ3n) is 11.8. The summed E-state index contributed by atoms with van der Waals surface area (Å²) in [7, 11) is 0. The Morgan fingerprint density at radius 1 is 0.364 bits per heavy atom. The normalized spacial score (nSPS) is 13.6. The van der Waals surface area contributed by atoms with Crippen LogP contribution in [0.5, 0.6) is 0 Å². The van der Waals surface area contributed by atoms with Crippen LogP contribution in [0.25, 0.3) is 93.6 Å². The molecule has 9 aromatic carbocycles. The lowest BCUT2D eigenvalue weighted by Crippen LogP contribution is -1.99. The van der Waals surface area contributed by atoms with Crippen molar-refractivity contribution in [1.29, 1.82) is 0 Å². The molecule has 0 aliphatic heterocycles. The number of nitrogens with zero attached hydrogens (tertiary/aromatic N) is 1. The molecule has 1 aliphatic rings. The molecule has 0 radical (unpaired) electrons. The fourth-order valence-corrected chi connectivity index (χ4v) is 9.28. The van der Waals surface area contributed by atoms with Crippen molar-refractivity contribution in [3.05, 3.63) is 211 Å². The number of aromatic nitrogens is 1. The van der Waals surface area contributed by atoms with E-state index in [2.05, 4.69) is 193 Å². The molecule has 0 N–H and O–H groups in total. The van der Waals surface area contributed by atoms with Crippen molar-refractivity contribution in [2.45, 2.75) is 5.92 Å². The minimum absolute atomic E-state index is 0.197. The summed E-state index contributed by atoms with van der Waals surface area (Å²) in [5, 5.41) is 7.20. The Bertz CT molecular complexity index is 3330. The highest BCUT2D eigenvalue weighted by Crippen LogP contribution is 2.50. The highest BCUT2D eigenvalue weighted by atomic mass is 16.3. The lowest BCUT2D eigenvalue weighted by molar-refractivity contribution is 0.669. The zero-order chi connectivity index (χ0) is 36.0. The quantitative estimate of drug-likeness (QED) is 0.179. The van der Waals surface area contributed by atoms with E-state index in [0.717, 1.165) is 33.1 Å². The fourth-order valence-electron chi connectivity index (χ4n) is 9.28. The first kappa shape index (κ1) is 30.3. The van der Waals surface area contributed by atoms with E-state index in [4.69, 9.17) is 4.42 Å². The summed E-state index contributed by atoms with van der Waals surface area (Å²) in [6.07, 6.45) is 0. The maximum atomic E-state index is 6.46. The van der Waals surface area contributed by atoms with E-state index in [1.807, 2.05) is 6.07 Å². The Labute approximate surface area is 318 Å². The van der Waals surface area contributed by atoms with Crippen molar-refractivity contribution in [2.75, 3.05) is 0 Å². The van der Waals surface area contributed by atoms with E-state index in [0.29, 0.717) is 0 Å². The van der Waals surface area contributed by atoms with E-state index in [-0.39, 0.29) is 5.92 Å². The first-order chi connectivity index (χ1) is 27.2. The number of hydrogen-bond acceptors (Lipinski definition) is 1. The highest BCUT2D eigenvalue weighted by Gasteiger charge is 2.30. The second-order valence-electron chi connectivity index (χ2n) is 14.9. The van der Waals surface area contributed by atoms with Crippen molar-refractivity contribution >= 4 is 54.5 Å². The number of hydrogen-bond donors (Lipinski definition) is 0. The molecular weight excluding hydrogens is 667 g/mol. The third-order valence-corrected chi connectivity index (χ3v) is 11.8. The van der Waals surface area contributed by atoms with E-state index >= 15 is 0 Å². The van der Waals surface area contributed by atoms with Gasteiger partial charge >= 0.3 is 0 Å². The molecule has 11 aromatic rings. The van der Waals surface area contributed by atoms with E-state index in [1.165, 1.54) is 77.1 Å². The zero-order valence-corrected chi connectivity index (χ0v) is 29.9. The molecule has 2 heterocycles. The Morgan fingerprint density at radius 2 is 1.09 bits per heavy atom. The lowest BCUT2D eigenvalue weighted by Gasteiger charge is -2.16. The number of furan rings is 1. The number of fused-ring (bicyclic) bond motifs is 10. The van der Waals surface area contributed by atoms with Gasteiger partial charge in [-0.05, 0) is 109 Å².